The molecule has 15 heavy (non-hydrogen) atoms. The van der Waals surface area contributed by atoms with E-state index in [1.165, 1.54) is 0 Å². The lowest BCUT2D eigenvalue weighted by molar-refractivity contribution is -0.485. The number of nitrogens with two attached hydrogens (primary N) is 1. The zero-order chi connectivity index (χ0) is 11.3. The summed E-state index contributed by atoms with van der Waals surface area (Å²) in [6.07, 6.45) is 0.317. The van der Waals surface area contributed by atoms with Gasteiger partial charge in [0.25, 0.3) is 0 Å². The number of nitrogens with zero attached hydrogens (tertiary/aromatic N) is 1. The van der Waals surface area contributed by atoms with E-state index < -0.39 is 23.3 Å². The summed E-state index contributed by atoms with van der Waals surface area (Å²) in [4.78, 5) is 20.7. The maximum Gasteiger partial charge on any atom is 0.227 e. The molecule has 0 saturated heterocycles. The highest BCUT2D eigenvalue weighted by atomic mass is 16.6. The normalized spacial score (nSPS) is 12.0. The average Bonchev–Trinajstić information content (AvgIpc) is 2.17. The lowest BCUT2D eigenvalue weighted by Crippen LogP contribution is -2.31. The second-order valence-corrected chi connectivity index (χ2v) is 3.30. The average molecular weight is 208 g/mol. The summed E-state index contributed by atoms with van der Waals surface area (Å²) in [5, 5.41) is 10.3. The SMILES string of the molecule is NC(=O)[C@H](Cc1ccccc1)C[N+](=O)[O-]. The minimum absolute atomic E-state index is 0.317. The van der Waals surface area contributed by atoms with Gasteiger partial charge in [0.15, 0.2) is 0 Å². The molecule has 0 aromatic heterocycles. The highest BCUT2D eigenvalue weighted by Crippen LogP contribution is 2.08. The quantitative estimate of drug-likeness (QED) is 0.568. The number of hydrogen-bond acceptors (Lipinski definition) is 3. The van der Waals surface area contributed by atoms with Gasteiger partial charge in [-0.15, -0.1) is 0 Å². The van der Waals surface area contributed by atoms with E-state index in [1.54, 1.807) is 0 Å². The molecule has 80 valence electrons. The van der Waals surface area contributed by atoms with Crippen LogP contribution in [0.2, 0.25) is 0 Å². The Morgan fingerprint density at radius 1 is 1.40 bits per heavy atom. The van der Waals surface area contributed by atoms with Gasteiger partial charge >= 0.3 is 0 Å². The minimum Gasteiger partial charge on any atom is -0.369 e. The van der Waals surface area contributed by atoms with Crippen LogP contribution in [0.1, 0.15) is 5.56 Å². The second-order valence-electron chi connectivity index (χ2n) is 3.30. The first kappa shape index (κ1) is 11.2. The minimum atomic E-state index is -0.734. The molecule has 1 atom stereocenters. The van der Waals surface area contributed by atoms with Gasteiger partial charge in [-0.2, -0.15) is 0 Å². The summed E-state index contributed by atoms with van der Waals surface area (Å²) in [6, 6.07) is 9.11. The second kappa shape index (κ2) is 5.09. The molecule has 0 fully saturated rings. The first-order chi connectivity index (χ1) is 7.09. The summed E-state index contributed by atoms with van der Waals surface area (Å²) < 4.78 is 0. The van der Waals surface area contributed by atoms with Crippen LogP contribution in [-0.4, -0.2) is 17.4 Å². The molecule has 5 heteroatoms. The standard InChI is InChI=1S/C10H12N2O3/c11-10(13)9(7-12(14)15)6-8-4-2-1-3-5-8/h1-5,9H,6-7H2,(H2,11,13)/t9-/m1/s1. The van der Waals surface area contributed by atoms with Crippen LogP contribution in [0.3, 0.4) is 0 Å². The summed E-state index contributed by atoms with van der Waals surface area (Å²) in [6.45, 7) is -0.412. The Labute approximate surface area is 87.0 Å². The molecule has 5 nitrogen and oxygen atoms in total. The number of hydrogen-bond donors (Lipinski definition) is 1. The van der Waals surface area contributed by atoms with Crippen LogP contribution in [-0.2, 0) is 11.2 Å². The third kappa shape index (κ3) is 3.76. The number of amides is 1. The Morgan fingerprint density at radius 3 is 2.47 bits per heavy atom. The van der Waals surface area contributed by atoms with Crippen LogP contribution in [0.4, 0.5) is 0 Å². The zero-order valence-corrected chi connectivity index (χ0v) is 8.13. The summed E-state index contributed by atoms with van der Waals surface area (Å²) in [5.41, 5.74) is 5.97. The summed E-state index contributed by atoms with van der Waals surface area (Å²) in [7, 11) is 0. The zero-order valence-electron chi connectivity index (χ0n) is 8.13. The molecule has 0 unspecified atom stereocenters. The molecule has 1 aromatic rings. The summed E-state index contributed by atoms with van der Waals surface area (Å²) in [5.74, 6) is -1.36. The monoisotopic (exact) mass is 208 g/mol. The maximum atomic E-state index is 11.0. The highest BCUT2D eigenvalue weighted by Gasteiger charge is 2.21. The predicted molar refractivity (Wildman–Crippen MR) is 54.7 cm³/mol. The van der Waals surface area contributed by atoms with Crippen molar-refractivity contribution in [3.63, 3.8) is 0 Å². The Balaban J connectivity index is 2.67. The fraction of sp³-hybridized carbons (Fsp3) is 0.300. The lowest BCUT2D eigenvalue weighted by Gasteiger charge is -2.08. The molecule has 0 saturated carbocycles. The van der Waals surface area contributed by atoms with Crippen molar-refractivity contribution >= 4 is 5.91 Å². The fourth-order valence-electron chi connectivity index (χ4n) is 1.33. The number of carbonyl (C=O) groups excluding carboxylic acids is 1. The first-order valence-electron chi connectivity index (χ1n) is 4.54. The third-order valence-corrected chi connectivity index (χ3v) is 2.10. The van der Waals surface area contributed by atoms with Crippen LogP contribution in [0, 0.1) is 16.0 Å². The van der Waals surface area contributed by atoms with Gasteiger partial charge in [0.2, 0.25) is 12.5 Å². The van der Waals surface area contributed by atoms with Crippen molar-refractivity contribution in [3.8, 4) is 0 Å². The van der Waals surface area contributed by atoms with Crippen molar-refractivity contribution in [2.75, 3.05) is 6.54 Å². The highest BCUT2D eigenvalue weighted by molar-refractivity contribution is 5.77. The number of nitro groups is 1. The van der Waals surface area contributed by atoms with Crippen LogP contribution in [0.15, 0.2) is 30.3 Å². The van der Waals surface area contributed by atoms with E-state index in [1.807, 2.05) is 30.3 Å². The van der Waals surface area contributed by atoms with Gasteiger partial charge in [0.05, 0.1) is 0 Å². The van der Waals surface area contributed by atoms with Crippen LogP contribution in [0.25, 0.3) is 0 Å². The predicted octanol–water partition coefficient (Wildman–Crippen LogP) is 0.607. The molecule has 0 aliphatic carbocycles. The van der Waals surface area contributed by atoms with Crippen molar-refractivity contribution in [1.82, 2.24) is 0 Å². The van der Waals surface area contributed by atoms with Gasteiger partial charge in [-0.05, 0) is 12.0 Å². The Hall–Kier alpha value is -1.91. The first-order valence-corrected chi connectivity index (χ1v) is 4.54. The van der Waals surface area contributed by atoms with Crippen LogP contribution >= 0.6 is 0 Å². The van der Waals surface area contributed by atoms with Crippen molar-refractivity contribution in [2.24, 2.45) is 11.7 Å². The smallest absolute Gasteiger partial charge is 0.227 e. The summed E-state index contributed by atoms with van der Waals surface area (Å²) >= 11 is 0. The molecular weight excluding hydrogens is 196 g/mol. The van der Waals surface area contributed by atoms with Gasteiger partial charge in [-0.25, -0.2) is 0 Å². The number of rotatable bonds is 5. The molecule has 0 radical (unpaired) electrons. The molecule has 0 spiro atoms. The van der Waals surface area contributed by atoms with Crippen molar-refractivity contribution < 1.29 is 9.72 Å². The van der Waals surface area contributed by atoms with Gasteiger partial charge < -0.3 is 5.73 Å². The van der Waals surface area contributed by atoms with Crippen molar-refractivity contribution in [1.29, 1.82) is 0 Å². The van der Waals surface area contributed by atoms with Crippen LogP contribution in [0.5, 0.6) is 0 Å². The fourth-order valence-corrected chi connectivity index (χ4v) is 1.33. The van der Waals surface area contributed by atoms with Crippen molar-refractivity contribution in [2.45, 2.75) is 6.42 Å². The van der Waals surface area contributed by atoms with E-state index >= 15 is 0 Å². The van der Waals surface area contributed by atoms with Gasteiger partial charge in [-0.3, -0.25) is 14.9 Å². The number of primary amides is 1. The molecular formula is C10H12N2O3. The van der Waals surface area contributed by atoms with E-state index in [-0.39, 0.29) is 0 Å². The van der Waals surface area contributed by atoms with Gasteiger partial charge in [0, 0.05) is 4.92 Å². The van der Waals surface area contributed by atoms with E-state index in [2.05, 4.69) is 0 Å². The maximum absolute atomic E-state index is 11.0. The third-order valence-electron chi connectivity index (χ3n) is 2.10. The Morgan fingerprint density at radius 2 is 2.00 bits per heavy atom. The van der Waals surface area contributed by atoms with Gasteiger partial charge in [0.1, 0.15) is 5.92 Å². The van der Waals surface area contributed by atoms with Crippen LogP contribution < -0.4 is 5.73 Å². The Kier molecular flexibility index (Phi) is 3.79. The lowest BCUT2D eigenvalue weighted by atomic mass is 9.99. The topological polar surface area (TPSA) is 86.2 Å². The molecule has 1 aromatic carbocycles. The van der Waals surface area contributed by atoms with Gasteiger partial charge in [-0.1, -0.05) is 30.3 Å². The number of carbonyl (C=O) groups is 1. The van der Waals surface area contributed by atoms with E-state index in [9.17, 15) is 14.9 Å². The van der Waals surface area contributed by atoms with Crippen molar-refractivity contribution in [3.05, 3.63) is 46.0 Å². The van der Waals surface area contributed by atoms with E-state index in [0.717, 1.165) is 5.56 Å². The molecule has 0 bridgehead atoms. The molecule has 1 amide bonds. The van der Waals surface area contributed by atoms with E-state index in [0.29, 0.717) is 6.42 Å². The van der Waals surface area contributed by atoms with E-state index in [4.69, 9.17) is 5.73 Å². The molecule has 2 N–H and O–H groups in total. The molecule has 0 aliphatic heterocycles. The molecule has 0 aliphatic rings. The Bertz CT molecular complexity index is 351. The number of benzene rings is 1. The molecule has 0 heterocycles. The molecule has 1 rings (SSSR count). The largest absolute Gasteiger partial charge is 0.369 e.